The number of hydrogen-bond acceptors (Lipinski definition) is 2. The Labute approximate surface area is 128 Å². The lowest BCUT2D eigenvalue weighted by Gasteiger charge is -2.03. The summed E-state index contributed by atoms with van der Waals surface area (Å²) >= 11 is 0. The van der Waals surface area contributed by atoms with Crippen molar-refractivity contribution in [3.63, 3.8) is 0 Å². The predicted octanol–water partition coefficient (Wildman–Crippen LogP) is 2.74. The number of carbonyl (C=O) groups is 1. The normalized spacial score (nSPS) is 11.1. The lowest BCUT2D eigenvalue weighted by atomic mass is 9.95. The number of benzene rings is 2. The zero-order valence-electron chi connectivity index (χ0n) is 11.7. The molecule has 0 saturated carbocycles. The van der Waals surface area contributed by atoms with Gasteiger partial charge in [-0.2, -0.15) is 0 Å². The van der Waals surface area contributed by atoms with Gasteiger partial charge in [-0.05, 0) is 16.8 Å². The Morgan fingerprint density at radius 2 is 1.86 bits per heavy atom. The van der Waals surface area contributed by atoms with Crippen molar-refractivity contribution in [1.82, 2.24) is 9.97 Å². The topological polar surface area (TPSA) is 45.8 Å². The molecule has 0 spiro atoms. The molecule has 0 amide bonds. The van der Waals surface area contributed by atoms with Crippen LogP contribution < -0.4 is 5.46 Å². The molecule has 2 aromatic heterocycles. The summed E-state index contributed by atoms with van der Waals surface area (Å²) in [6.45, 7) is 0. The average molecular weight is 282 g/mol. The fraction of sp³-hybridized carbons (Fsp3) is 0. The molecule has 102 valence electrons. The standard InChI is InChI=1S/C18H11BN2O/c19-14-8-15-16(10-21-18(15)20-9-14)17(22)13-6-5-11-3-1-2-4-12(11)7-13/h1-10H,(H,20,21). The van der Waals surface area contributed by atoms with Crippen molar-refractivity contribution >= 4 is 40.9 Å². The van der Waals surface area contributed by atoms with E-state index in [9.17, 15) is 4.79 Å². The zero-order valence-corrected chi connectivity index (χ0v) is 11.7. The number of aromatic amines is 1. The minimum Gasteiger partial charge on any atom is -0.345 e. The second kappa shape index (κ2) is 4.84. The van der Waals surface area contributed by atoms with Gasteiger partial charge in [-0.1, -0.05) is 47.9 Å². The third kappa shape index (κ3) is 2.01. The van der Waals surface area contributed by atoms with Gasteiger partial charge in [0.15, 0.2) is 5.78 Å². The van der Waals surface area contributed by atoms with Crippen molar-refractivity contribution in [1.29, 1.82) is 0 Å². The van der Waals surface area contributed by atoms with Gasteiger partial charge in [0.2, 0.25) is 0 Å². The smallest absolute Gasteiger partial charge is 0.195 e. The molecule has 4 aromatic rings. The largest absolute Gasteiger partial charge is 0.345 e. The number of rotatable bonds is 2. The first kappa shape index (κ1) is 12.8. The molecule has 3 nitrogen and oxygen atoms in total. The summed E-state index contributed by atoms with van der Waals surface area (Å²) in [5.74, 6) is -0.0376. The highest BCUT2D eigenvalue weighted by Crippen LogP contribution is 2.22. The summed E-state index contributed by atoms with van der Waals surface area (Å²) in [5, 5.41) is 2.91. The fourth-order valence-electron chi connectivity index (χ4n) is 2.69. The summed E-state index contributed by atoms with van der Waals surface area (Å²) in [5.41, 5.74) is 2.45. The van der Waals surface area contributed by atoms with Crippen LogP contribution in [0.1, 0.15) is 15.9 Å². The first-order chi connectivity index (χ1) is 10.7. The van der Waals surface area contributed by atoms with Crippen LogP contribution in [-0.4, -0.2) is 23.6 Å². The van der Waals surface area contributed by atoms with Crippen LogP contribution in [0.3, 0.4) is 0 Å². The van der Waals surface area contributed by atoms with Gasteiger partial charge in [0.25, 0.3) is 0 Å². The lowest BCUT2D eigenvalue weighted by Crippen LogP contribution is -2.04. The molecule has 1 N–H and O–H groups in total. The van der Waals surface area contributed by atoms with Gasteiger partial charge in [-0.25, -0.2) is 4.98 Å². The van der Waals surface area contributed by atoms with Crippen LogP contribution >= 0.6 is 0 Å². The van der Waals surface area contributed by atoms with Crippen LogP contribution in [0.4, 0.5) is 0 Å². The third-order valence-corrected chi connectivity index (χ3v) is 3.81. The highest BCUT2D eigenvalue weighted by Gasteiger charge is 2.15. The molecule has 0 aliphatic rings. The highest BCUT2D eigenvalue weighted by atomic mass is 16.1. The monoisotopic (exact) mass is 282 g/mol. The second-order valence-electron chi connectivity index (χ2n) is 5.26. The quantitative estimate of drug-likeness (QED) is 0.454. The van der Waals surface area contributed by atoms with Gasteiger partial charge in [-0.15, -0.1) is 0 Å². The first-order valence-corrected chi connectivity index (χ1v) is 6.98. The Hall–Kier alpha value is -2.88. The summed E-state index contributed by atoms with van der Waals surface area (Å²) in [6, 6.07) is 15.5. The Balaban J connectivity index is 1.86. The molecule has 0 aliphatic carbocycles. The van der Waals surface area contributed by atoms with Crippen molar-refractivity contribution in [3.05, 3.63) is 72.1 Å². The average Bonchev–Trinajstić information content (AvgIpc) is 2.96. The van der Waals surface area contributed by atoms with Crippen molar-refractivity contribution < 1.29 is 4.79 Å². The number of carbonyl (C=O) groups excluding carboxylic acids is 1. The van der Waals surface area contributed by atoms with Crippen LogP contribution in [0.2, 0.25) is 0 Å². The lowest BCUT2D eigenvalue weighted by molar-refractivity contribution is 0.104. The maximum Gasteiger partial charge on any atom is 0.195 e. The maximum absolute atomic E-state index is 12.8. The van der Waals surface area contributed by atoms with Crippen LogP contribution in [0.5, 0.6) is 0 Å². The molecule has 2 heterocycles. The van der Waals surface area contributed by atoms with E-state index in [0.717, 1.165) is 16.2 Å². The minimum atomic E-state index is -0.0376. The molecule has 0 atom stereocenters. The molecule has 0 saturated heterocycles. The van der Waals surface area contributed by atoms with E-state index in [0.29, 0.717) is 22.2 Å². The summed E-state index contributed by atoms with van der Waals surface area (Å²) < 4.78 is 0. The molecule has 0 bridgehead atoms. The molecule has 4 heteroatoms. The molecule has 4 rings (SSSR count). The second-order valence-corrected chi connectivity index (χ2v) is 5.26. The molecular formula is C18H11BN2O. The van der Waals surface area contributed by atoms with Gasteiger partial charge in [0.05, 0.1) is 0 Å². The van der Waals surface area contributed by atoms with Gasteiger partial charge in [0.1, 0.15) is 13.5 Å². The first-order valence-electron chi connectivity index (χ1n) is 6.98. The van der Waals surface area contributed by atoms with Gasteiger partial charge < -0.3 is 4.98 Å². The minimum absolute atomic E-state index is 0.0376. The SMILES string of the molecule is [B]c1cnc2[nH]cc(C(=O)c3ccc4ccccc4c3)c2c1. The van der Waals surface area contributed by atoms with Crippen LogP contribution in [0.25, 0.3) is 21.8 Å². The molecular weight excluding hydrogens is 271 g/mol. The fourth-order valence-corrected chi connectivity index (χ4v) is 2.69. The van der Waals surface area contributed by atoms with Crippen molar-refractivity contribution in [2.75, 3.05) is 0 Å². The number of aromatic nitrogens is 2. The number of hydrogen-bond donors (Lipinski definition) is 1. The van der Waals surface area contributed by atoms with Crippen molar-refractivity contribution in [2.24, 2.45) is 0 Å². The zero-order chi connectivity index (χ0) is 15.1. The summed E-state index contributed by atoms with van der Waals surface area (Å²) in [7, 11) is 5.78. The number of H-pyrrole nitrogens is 1. The van der Waals surface area contributed by atoms with E-state index in [2.05, 4.69) is 9.97 Å². The Kier molecular flexibility index (Phi) is 2.83. The molecule has 0 fully saturated rings. The Morgan fingerprint density at radius 1 is 1.05 bits per heavy atom. The molecule has 0 unspecified atom stereocenters. The van der Waals surface area contributed by atoms with Gasteiger partial charge in [-0.3, -0.25) is 4.79 Å². The summed E-state index contributed by atoms with van der Waals surface area (Å²) in [6.07, 6.45) is 3.26. The van der Waals surface area contributed by atoms with Crippen LogP contribution in [0, 0.1) is 0 Å². The Bertz CT molecular complexity index is 1020. The number of nitrogens with zero attached hydrogens (tertiary/aromatic N) is 1. The predicted molar refractivity (Wildman–Crippen MR) is 88.9 cm³/mol. The van der Waals surface area contributed by atoms with Crippen LogP contribution in [-0.2, 0) is 0 Å². The highest BCUT2D eigenvalue weighted by molar-refractivity contribution is 6.33. The molecule has 22 heavy (non-hydrogen) atoms. The van der Waals surface area contributed by atoms with E-state index < -0.39 is 0 Å². The number of pyridine rings is 1. The van der Waals surface area contributed by atoms with Crippen molar-refractivity contribution in [2.45, 2.75) is 0 Å². The van der Waals surface area contributed by atoms with E-state index >= 15 is 0 Å². The Morgan fingerprint density at radius 3 is 2.73 bits per heavy atom. The van der Waals surface area contributed by atoms with Crippen LogP contribution in [0.15, 0.2) is 60.9 Å². The van der Waals surface area contributed by atoms with E-state index in [1.807, 2.05) is 42.5 Å². The van der Waals surface area contributed by atoms with Crippen molar-refractivity contribution in [3.8, 4) is 0 Å². The third-order valence-electron chi connectivity index (χ3n) is 3.81. The molecule has 2 aromatic carbocycles. The molecule has 0 aliphatic heterocycles. The van der Waals surface area contributed by atoms with Gasteiger partial charge in [0, 0.05) is 28.9 Å². The van der Waals surface area contributed by atoms with E-state index in [1.54, 1.807) is 18.5 Å². The summed E-state index contributed by atoms with van der Waals surface area (Å²) in [4.78, 5) is 20.0. The van der Waals surface area contributed by atoms with E-state index in [1.165, 1.54) is 0 Å². The van der Waals surface area contributed by atoms with E-state index in [-0.39, 0.29) is 5.78 Å². The van der Waals surface area contributed by atoms with Gasteiger partial charge >= 0.3 is 0 Å². The number of fused-ring (bicyclic) bond motifs is 2. The number of nitrogens with one attached hydrogen (secondary N) is 1. The molecule has 2 radical (unpaired) electrons. The number of ketones is 1. The van der Waals surface area contributed by atoms with E-state index in [4.69, 9.17) is 7.85 Å². The maximum atomic E-state index is 12.8.